The Hall–Kier alpha value is -1.30. The van der Waals surface area contributed by atoms with E-state index in [-0.39, 0.29) is 48.4 Å². The molecular formula is C43H76N4O6. The van der Waals surface area contributed by atoms with Gasteiger partial charge in [-0.05, 0) is 107 Å². The van der Waals surface area contributed by atoms with E-state index in [1.165, 1.54) is 38.5 Å². The summed E-state index contributed by atoms with van der Waals surface area (Å²) >= 11 is 0. The smallest absolute Gasteiger partial charge is 0.240 e. The van der Waals surface area contributed by atoms with E-state index in [1.807, 2.05) is 7.11 Å². The number of likely N-dealkylation sites (N-methyl/N-ethyl adjacent to an activating group) is 1. The minimum absolute atomic E-state index is 0.0125. The predicted molar refractivity (Wildman–Crippen MR) is 207 cm³/mol. The zero-order chi connectivity index (χ0) is 38.0. The van der Waals surface area contributed by atoms with Gasteiger partial charge < -0.3 is 30.5 Å². The van der Waals surface area contributed by atoms with Crippen molar-refractivity contribution in [2.24, 2.45) is 58.7 Å². The topological polar surface area (TPSA) is 124 Å². The molecule has 10 nitrogen and oxygen atoms in total. The Morgan fingerprint density at radius 3 is 2.36 bits per heavy atom. The highest BCUT2D eigenvalue weighted by atomic mass is 16.7. The van der Waals surface area contributed by atoms with Gasteiger partial charge in [-0.15, -0.1) is 0 Å². The lowest BCUT2D eigenvalue weighted by atomic mass is 9.45. The average molecular weight is 745 g/mol. The molecule has 53 heavy (non-hydrogen) atoms. The molecule has 5 unspecified atom stereocenters. The summed E-state index contributed by atoms with van der Waals surface area (Å²) in [5, 5.41) is 30.1. The number of amides is 2. The van der Waals surface area contributed by atoms with Crippen LogP contribution in [0.1, 0.15) is 124 Å². The fourth-order valence-electron chi connectivity index (χ4n) is 12.7. The van der Waals surface area contributed by atoms with Crippen molar-refractivity contribution < 1.29 is 29.4 Å². The molecule has 0 spiro atoms. The van der Waals surface area contributed by atoms with Crippen molar-refractivity contribution in [3.8, 4) is 0 Å². The van der Waals surface area contributed by atoms with Gasteiger partial charge in [0.25, 0.3) is 0 Å². The van der Waals surface area contributed by atoms with Crippen LogP contribution in [0.25, 0.3) is 0 Å². The number of carbonyl (C=O) groups excluding carboxylic acids is 2. The third kappa shape index (κ3) is 9.14. The second kappa shape index (κ2) is 17.9. The molecule has 1 aliphatic heterocycles. The summed E-state index contributed by atoms with van der Waals surface area (Å²) in [6, 6.07) is -0.379. The molecule has 1 saturated heterocycles. The summed E-state index contributed by atoms with van der Waals surface area (Å²) in [6.45, 7) is 9.88. The molecular weight excluding hydrogens is 668 g/mol. The molecule has 7 aliphatic rings. The van der Waals surface area contributed by atoms with Crippen LogP contribution in [0.5, 0.6) is 0 Å². The Bertz CT molecular complexity index is 1210. The second-order valence-corrected chi connectivity index (χ2v) is 19.6. The molecule has 0 aromatic heterocycles. The van der Waals surface area contributed by atoms with Crippen LogP contribution in [0, 0.1) is 58.7 Å². The Morgan fingerprint density at radius 1 is 0.981 bits per heavy atom. The van der Waals surface area contributed by atoms with Gasteiger partial charge in [-0.3, -0.25) is 14.4 Å². The molecule has 2 bridgehead atoms. The molecule has 0 radical (unpaired) electrons. The van der Waals surface area contributed by atoms with E-state index in [1.54, 1.807) is 12.0 Å². The van der Waals surface area contributed by atoms with Gasteiger partial charge in [-0.2, -0.15) is 5.06 Å². The third-order valence-corrected chi connectivity index (χ3v) is 15.7. The molecule has 2 amide bonds. The first-order chi connectivity index (χ1) is 25.3. The highest BCUT2D eigenvalue weighted by Gasteiger charge is 2.58. The number of nitrogens with zero attached hydrogens (tertiary/aromatic N) is 2. The van der Waals surface area contributed by atoms with Crippen molar-refractivity contribution >= 4 is 11.8 Å². The zero-order valence-corrected chi connectivity index (χ0v) is 34.3. The predicted octanol–water partition coefficient (Wildman–Crippen LogP) is 5.40. The average Bonchev–Trinajstić information content (AvgIpc) is 3.51. The van der Waals surface area contributed by atoms with E-state index in [2.05, 4.69) is 50.4 Å². The number of hydrogen-bond donors (Lipinski definition) is 4. The van der Waals surface area contributed by atoms with Crippen LogP contribution in [-0.2, 0) is 19.2 Å². The maximum atomic E-state index is 14.3. The van der Waals surface area contributed by atoms with Crippen LogP contribution in [0.4, 0.5) is 0 Å². The lowest BCUT2D eigenvalue weighted by molar-refractivity contribution is -0.193. The Morgan fingerprint density at radius 2 is 1.72 bits per heavy atom. The largest absolute Gasteiger partial charge is 0.394 e. The normalized spacial score (nSPS) is 40.3. The molecule has 6 saturated carbocycles. The highest BCUT2D eigenvalue weighted by Crippen LogP contribution is 2.61. The van der Waals surface area contributed by atoms with Crippen molar-refractivity contribution in [2.45, 2.75) is 160 Å². The minimum Gasteiger partial charge on any atom is -0.394 e. The maximum Gasteiger partial charge on any atom is 0.240 e. The number of rotatable bonds is 14. The zero-order valence-electron chi connectivity index (χ0n) is 34.3. The number of aliphatic hydroxyl groups excluding tert-OH is 2. The standard InChI is InChI=1S/C43H76N4O6/c1-26-35-21-32(43(35,3)4)22-36(26)45-42(51)39-38(27(2)49)37(25-48)53-47(39)23-31-17-12-18-34(40(31)52-7)29-15-11-16-30(20-29)41(50)44-33(24-46(5)6)19-28-13-9-8-10-14-28/h26-40,48-49H,8-25H2,1-7H3,(H,44,50)(H,45,51)/t26-,27-,29?,30?,31?,32+,33-,34?,35-,36-,37-,38+,39-,40?/m0/s1. The van der Waals surface area contributed by atoms with Crippen LogP contribution in [0.15, 0.2) is 0 Å². The molecule has 7 fully saturated rings. The molecule has 7 rings (SSSR count). The molecule has 1 heterocycles. The van der Waals surface area contributed by atoms with Crippen molar-refractivity contribution in [2.75, 3.05) is 40.9 Å². The SMILES string of the molecule is COC1C(CN2O[C@@H](CO)[C@@H]([C@H](C)O)[C@H]2C(=O)N[C@H]2C[C@H]3C[C@@H]([C@@H]2C)C3(C)C)CCCC1C1CCCC(C(=O)N[C@@H](CC2CCCCC2)CN(C)C)C1. The fraction of sp³-hybridized carbons (Fsp3) is 0.953. The number of fused-ring (bicyclic) bond motifs is 2. The first-order valence-electron chi connectivity index (χ1n) is 21.8. The number of hydroxylamine groups is 2. The number of ether oxygens (including phenoxy) is 1. The summed E-state index contributed by atoms with van der Waals surface area (Å²) in [4.78, 5) is 36.8. The molecule has 0 aromatic carbocycles. The van der Waals surface area contributed by atoms with E-state index in [4.69, 9.17) is 9.57 Å². The third-order valence-electron chi connectivity index (χ3n) is 15.7. The Kier molecular flexibility index (Phi) is 13.9. The van der Waals surface area contributed by atoms with Crippen molar-refractivity contribution in [1.82, 2.24) is 20.6 Å². The monoisotopic (exact) mass is 745 g/mol. The molecule has 0 aromatic rings. The van der Waals surface area contributed by atoms with Crippen LogP contribution >= 0.6 is 0 Å². The molecule has 4 N–H and O–H groups in total. The fourth-order valence-corrected chi connectivity index (χ4v) is 12.7. The summed E-state index contributed by atoms with van der Waals surface area (Å²) in [5.41, 5.74) is 0.325. The Labute approximate surface area is 321 Å². The van der Waals surface area contributed by atoms with Crippen LogP contribution < -0.4 is 10.6 Å². The number of carbonyl (C=O) groups is 2. The van der Waals surface area contributed by atoms with E-state index in [0.717, 1.165) is 70.3 Å². The van der Waals surface area contributed by atoms with Gasteiger partial charge in [-0.1, -0.05) is 72.1 Å². The van der Waals surface area contributed by atoms with Gasteiger partial charge in [0.05, 0.1) is 18.8 Å². The molecule has 14 atom stereocenters. The van der Waals surface area contributed by atoms with Gasteiger partial charge in [-0.25, -0.2) is 0 Å². The van der Waals surface area contributed by atoms with Gasteiger partial charge in [0.2, 0.25) is 11.8 Å². The van der Waals surface area contributed by atoms with E-state index >= 15 is 0 Å². The van der Waals surface area contributed by atoms with E-state index in [9.17, 15) is 19.8 Å². The minimum atomic E-state index is -0.813. The summed E-state index contributed by atoms with van der Waals surface area (Å²) in [5.74, 6) is 2.87. The lowest BCUT2D eigenvalue weighted by Crippen LogP contribution is -2.62. The number of nitrogens with one attached hydrogen (secondary N) is 2. The van der Waals surface area contributed by atoms with E-state index < -0.39 is 24.2 Å². The van der Waals surface area contributed by atoms with Crippen molar-refractivity contribution in [3.05, 3.63) is 0 Å². The maximum absolute atomic E-state index is 14.3. The first kappa shape index (κ1) is 41.3. The Balaban J connectivity index is 1.11. The van der Waals surface area contributed by atoms with Crippen LogP contribution in [-0.4, -0.2) is 109 Å². The van der Waals surface area contributed by atoms with Crippen LogP contribution in [0.2, 0.25) is 0 Å². The lowest BCUT2D eigenvalue weighted by Gasteiger charge is -2.62. The highest BCUT2D eigenvalue weighted by molar-refractivity contribution is 5.83. The first-order valence-corrected chi connectivity index (χ1v) is 21.8. The molecule has 10 heteroatoms. The molecule has 304 valence electrons. The van der Waals surface area contributed by atoms with Crippen molar-refractivity contribution in [1.29, 1.82) is 0 Å². The number of methoxy groups -OCH3 is 1. The van der Waals surface area contributed by atoms with Crippen LogP contribution in [0.3, 0.4) is 0 Å². The second-order valence-electron chi connectivity index (χ2n) is 19.6. The number of aliphatic hydroxyl groups is 2. The van der Waals surface area contributed by atoms with Gasteiger partial charge in [0.15, 0.2) is 0 Å². The van der Waals surface area contributed by atoms with Gasteiger partial charge in [0, 0.05) is 50.0 Å². The quantitative estimate of drug-likeness (QED) is 0.187. The summed E-state index contributed by atoms with van der Waals surface area (Å²) in [7, 11) is 6.04. The van der Waals surface area contributed by atoms with Crippen molar-refractivity contribution in [3.63, 3.8) is 0 Å². The summed E-state index contributed by atoms with van der Waals surface area (Å²) in [6.07, 6.45) is 15.6. The van der Waals surface area contributed by atoms with Gasteiger partial charge >= 0.3 is 0 Å². The van der Waals surface area contributed by atoms with Gasteiger partial charge in [0.1, 0.15) is 12.1 Å². The summed E-state index contributed by atoms with van der Waals surface area (Å²) < 4.78 is 6.38. The molecule has 6 aliphatic carbocycles. The number of hydrogen-bond acceptors (Lipinski definition) is 8. The van der Waals surface area contributed by atoms with E-state index in [0.29, 0.717) is 41.5 Å².